The zero-order chi connectivity index (χ0) is 44.9. The van der Waals surface area contributed by atoms with E-state index in [-0.39, 0.29) is 47.5 Å². The van der Waals surface area contributed by atoms with Gasteiger partial charge in [-0.3, -0.25) is 24.2 Å². The van der Waals surface area contributed by atoms with Gasteiger partial charge in [-0.15, -0.1) is 0 Å². The molecule has 1 fully saturated rings. The van der Waals surface area contributed by atoms with E-state index in [0.29, 0.717) is 84.2 Å². The van der Waals surface area contributed by atoms with Crippen LogP contribution in [0.15, 0.2) is 71.5 Å². The lowest BCUT2D eigenvalue weighted by atomic mass is 10.0. The molecule has 3 unspecified atom stereocenters. The first-order valence-electron chi connectivity index (χ1n) is 21.9. The van der Waals surface area contributed by atoms with Gasteiger partial charge in [-0.05, 0) is 86.0 Å². The topological polar surface area (TPSA) is 160 Å². The van der Waals surface area contributed by atoms with Crippen molar-refractivity contribution in [2.45, 2.75) is 84.8 Å². The van der Waals surface area contributed by atoms with E-state index in [1.54, 1.807) is 50.5 Å². The summed E-state index contributed by atoms with van der Waals surface area (Å²) in [6, 6.07) is 14.6. The molecule has 334 valence electrons. The Bertz CT molecular complexity index is 2310. The van der Waals surface area contributed by atoms with Crippen molar-refractivity contribution in [1.29, 1.82) is 0 Å². The lowest BCUT2D eigenvalue weighted by Gasteiger charge is -2.20. The van der Waals surface area contributed by atoms with E-state index >= 15 is 0 Å². The molecule has 1 saturated carbocycles. The van der Waals surface area contributed by atoms with Crippen LogP contribution in [0.2, 0.25) is 0 Å². The highest BCUT2D eigenvalue weighted by Crippen LogP contribution is 2.45. The maximum Gasteiger partial charge on any atom is 0.260 e. The van der Waals surface area contributed by atoms with Crippen LogP contribution < -0.4 is 34.9 Å². The highest BCUT2D eigenvalue weighted by molar-refractivity contribution is 6.05. The number of rotatable bonds is 15. The number of methoxy groups -OCH3 is 2. The first kappa shape index (κ1) is 44.9. The van der Waals surface area contributed by atoms with Crippen LogP contribution in [0.3, 0.4) is 0 Å². The van der Waals surface area contributed by atoms with Crippen LogP contribution in [0.4, 0.5) is 17.1 Å². The zero-order valence-electron chi connectivity index (χ0n) is 37.6. The third-order valence-corrected chi connectivity index (χ3v) is 12.0. The molecule has 0 radical (unpaired) electrons. The van der Waals surface area contributed by atoms with Gasteiger partial charge in [0, 0.05) is 61.7 Å². The van der Waals surface area contributed by atoms with E-state index in [1.165, 1.54) is 18.4 Å². The number of aliphatic imine (C=N–C) groups is 1. The van der Waals surface area contributed by atoms with Crippen LogP contribution in [0, 0.1) is 17.8 Å². The Labute approximate surface area is 370 Å². The molecule has 4 aliphatic heterocycles. The average molecular weight is 861 g/mol. The highest BCUT2D eigenvalue weighted by Gasteiger charge is 2.39. The van der Waals surface area contributed by atoms with Gasteiger partial charge in [-0.1, -0.05) is 39.8 Å². The molecular formula is C49H60N6O8. The van der Waals surface area contributed by atoms with E-state index < -0.39 is 0 Å². The minimum atomic E-state index is -0.236. The number of carbonyl (C=O) groups excluding carboxylic acids is 4. The fraction of sp³-hybridized carbons (Fsp3) is 0.449. The fourth-order valence-corrected chi connectivity index (χ4v) is 8.41. The zero-order valence-corrected chi connectivity index (χ0v) is 37.6. The first-order valence-corrected chi connectivity index (χ1v) is 21.9. The molecule has 3 amide bonds. The van der Waals surface area contributed by atoms with Crippen molar-refractivity contribution in [3.63, 3.8) is 0 Å². The second-order valence-electron chi connectivity index (χ2n) is 17.3. The number of nitrogens with one attached hydrogen (secondary N) is 3. The van der Waals surface area contributed by atoms with Crippen molar-refractivity contribution in [3.05, 3.63) is 83.2 Å². The summed E-state index contributed by atoms with van der Waals surface area (Å²) in [5.41, 5.74) is 6.35. The summed E-state index contributed by atoms with van der Waals surface area (Å²) in [4.78, 5) is 58.5. The Kier molecular flexibility index (Phi) is 13.9. The Morgan fingerprint density at radius 1 is 0.841 bits per heavy atom. The van der Waals surface area contributed by atoms with Crippen molar-refractivity contribution in [2.24, 2.45) is 22.7 Å². The van der Waals surface area contributed by atoms with Gasteiger partial charge >= 0.3 is 0 Å². The largest absolute Gasteiger partial charge is 0.493 e. The number of ether oxygens (including phenoxy) is 4. The second kappa shape index (κ2) is 19.5. The summed E-state index contributed by atoms with van der Waals surface area (Å²) in [7, 11) is 4.93. The predicted molar refractivity (Wildman–Crippen MR) is 244 cm³/mol. The van der Waals surface area contributed by atoms with E-state index in [4.69, 9.17) is 23.9 Å². The van der Waals surface area contributed by atoms with Crippen molar-refractivity contribution >= 4 is 52.4 Å². The molecule has 14 nitrogen and oxygen atoms in total. The maximum atomic E-state index is 13.8. The van der Waals surface area contributed by atoms with Gasteiger partial charge < -0.3 is 44.7 Å². The van der Waals surface area contributed by atoms with Crippen LogP contribution >= 0.6 is 0 Å². The lowest BCUT2D eigenvalue weighted by molar-refractivity contribution is -0.120. The standard InChI is InChI=1S/C42H45N5O7.C7H15NO/c1-24(2)40(48)45-29-10-8-26(9-11-29)28-15-31-21-44-35-19-39(37(52-4)17-33(35)42(50)47(31)23-28)54-13-5-12-53-38-18-34-32(16-36(38)51-3)41(49)46-22-27(25-6-7-25)14-30(46)20-43-34;1-5(2)7(8-4)6(3)9/h8-11,16-19,21-25,30-31,43H,5-7,12-15,20H2,1-4H3,(H,45,48);5,7-8H,1-4H3. The van der Waals surface area contributed by atoms with Gasteiger partial charge in [0.2, 0.25) is 5.91 Å². The molecule has 8 rings (SSSR count). The van der Waals surface area contributed by atoms with Crippen molar-refractivity contribution < 1.29 is 38.1 Å². The number of benzene rings is 3. The number of Topliss-reactive ketones (excluding diaryl/α,β-unsaturated/α-hetero) is 1. The monoisotopic (exact) mass is 860 g/mol. The lowest BCUT2D eigenvalue weighted by Crippen LogP contribution is -2.36. The molecule has 5 aliphatic rings. The third-order valence-electron chi connectivity index (χ3n) is 12.0. The van der Waals surface area contributed by atoms with E-state index in [2.05, 4.69) is 22.2 Å². The SMILES string of the molecule is CNC(C(C)=O)C(C)C.COc1cc2c(cc1OCCCOc1cc3c(cc1OC)C(=O)N1C=C(C4CC4)CC1CN3)N=CC1CC(c3ccc(NC(=O)C(C)C)cc3)=CN1C2=O. The van der Waals surface area contributed by atoms with Gasteiger partial charge in [-0.25, -0.2) is 0 Å². The summed E-state index contributed by atoms with van der Waals surface area (Å²) in [6.45, 7) is 10.7. The Hall–Kier alpha value is -6.15. The number of fused-ring (bicyclic) bond motifs is 4. The molecule has 0 saturated heterocycles. The molecule has 1 aliphatic carbocycles. The number of likely N-dealkylation sites (N-methyl/N-ethyl adjacent to an activating group) is 1. The van der Waals surface area contributed by atoms with E-state index in [1.807, 2.05) is 76.2 Å². The summed E-state index contributed by atoms with van der Waals surface area (Å²) in [5.74, 6) is 2.87. The van der Waals surface area contributed by atoms with Gasteiger partial charge in [0.1, 0.15) is 5.78 Å². The van der Waals surface area contributed by atoms with Crippen LogP contribution in [0.1, 0.15) is 93.0 Å². The minimum absolute atomic E-state index is 0.0206. The van der Waals surface area contributed by atoms with Crippen LogP contribution in [-0.2, 0) is 9.59 Å². The molecule has 0 aromatic heterocycles. The molecule has 3 N–H and O–H groups in total. The molecular weight excluding hydrogens is 801 g/mol. The number of nitrogens with zero attached hydrogens (tertiary/aromatic N) is 3. The minimum Gasteiger partial charge on any atom is -0.493 e. The number of ketones is 1. The van der Waals surface area contributed by atoms with E-state index in [0.717, 1.165) is 28.9 Å². The van der Waals surface area contributed by atoms with Gasteiger partial charge in [-0.2, -0.15) is 0 Å². The van der Waals surface area contributed by atoms with Crippen LogP contribution in [0.25, 0.3) is 5.57 Å². The van der Waals surface area contributed by atoms with Crippen molar-refractivity contribution in [3.8, 4) is 23.0 Å². The van der Waals surface area contributed by atoms with Gasteiger partial charge in [0.25, 0.3) is 11.8 Å². The van der Waals surface area contributed by atoms with Crippen LogP contribution in [-0.4, -0.2) is 98.7 Å². The highest BCUT2D eigenvalue weighted by atomic mass is 16.5. The molecule has 0 spiro atoms. The molecule has 3 aromatic carbocycles. The number of hydrogen-bond donors (Lipinski definition) is 3. The van der Waals surface area contributed by atoms with Crippen molar-refractivity contribution in [2.75, 3.05) is 51.7 Å². The smallest absolute Gasteiger partial charge is 0.260 e. The molecule has 3 atom stereocenters. The fourth-order valence-electron chi connectivity index (χ4n) is 8.41. The molecule has 3 aromatic rings. The van der Waals surface area contributed by atoms with E-state index in [9.17, 15) is 19.2 Å². The Balaban J connectivity index is 0.000000597. The number of amides is 3. The third kappa shape index (κ3) is 10.1. The summed E-state index contributed by atoms with van der Waals surface area (Å²) in [6.07, 6.45) is 10.3. The number of carbonyl (C=O) groups is 4. The Morgan fingerprint density at radius 2 is 1.49 bits per heavy atom. The van der Waals surface area contributed by atoms with Gasteiger partial charge in [0.15, 0.2) is 23.0 Å². The number of anilines is 2. The molecule has 14 heteroatoms. The quantitative estimate of drug-likeness (QED) is 0.128. The normalized spacial score (nSPS) is 19.0. The first-order chi connectivity index (χ1) is 30.3. The van der Waals surface area contributed by atoms with Crippen molar-refractivity contribution in [1.82, 2.24) is 15.1 Å². The molecule has 4 heterocycles. The average Bonchev–Trinajstić information content (AvgIpc) is 3.94. The summed E-state index contributed by atoms with van der Waals surface area (Å²) >= 11 is 0. The molecule has 0 bridgehead atoms. The summed E-state index contributed by atoms with van der Waals surface area (Å²) < 4.78 is 23.6. The summed E-state index contributed by atoms with van der Waals surface area (Å²) in [5, 5.41) is 9.34. The van der Waals surface area contributed by atoms with Gasteiger partial charge in [0.05, 0.1) is 68.1 Å². The molecule has 63 heavy (non-hydrogen) atoms. The Morgan fingerprint density at radius 3 is 2.08 bits per heavy atom. The number of hydrogen-bond acceptors (Lipinski definition) is 11. The van der Waals surface area contributed by atoms with Crippen LogP contribution in [0.5, 0.6) is 23.0 Å². The predicted octanol–water partition coefficient (Wildman–Crippen LogP) is 7.87. The second-order valence-corrected chi connectivity index (χ2v) is 17.3. The maximum absolute atomic E-state index is 13.8.